The maximum atomic E-state index is 9.15. The SMILES string of the molecule is C=C(C)C[C@@H](CO)OCc1ccc(OC)cc1. The third kappa shape index (κ3) is 5.02. The topological polar surface area (TPSA) is 38.7 Å². The number of methoxy groups -OCH3 is 1. The number of aliphatic hydroxyl groups is 1. The van der Waals surface area contributed by atoms with Crippen LogP contribution >= 0.6 is 0 Å². The van der Waals surface area contributed by atoms with Crippen LogP contribution in [0, 0.1) is 0 Å². The van der Waals surface area contributed by atoms with Crippen LogP contribution in [0.1, 0.15) is 18.9 Å². The largest absolute Gasteiger partial charge is 0.497 e. The Labute approximate surface area is 103 Å². The van der Waals surface area contributed by atoms with Crippen LogP contribution in [0.3, 0.4) is 0 Å². The molecular formula is C14H20O3. The lowest BCUT2D eigenvalue weighted by molar-refractivity contribution is 0.00327. The minimum Gasteiger partial charge on any atom is -0.497 e. The third-order valence-electron chi connectivity index (χ3n) is 2.42. The van der Waals surface area contributed by atoms with Gasteiger partial charge in [-0.05, 0) is 31.0 Å². The summed E-state index contributed by atoms with van der Waals surface area (Å²) < 4.78 is 10.7. The minimum atomic E-state index is -0.172. The van der Waals surface area contributed by atoms with Crippen LogP contribution in [0.25, 0.3) is 0 Å². The number of aliphatic hydroxyl groups excluding tert-OH is 1. The molecule has 0 spiro atoms. The van der Waals surface area contributed by atoms with Gasteiger partial charge in [0.1, 0.15) is 5.75 Å². The van der Waals surface area contributed by atoms with Crippen LogP contribution in [0.15, 0.2) is 36.4 Å². The molecule has 0 aliphatic heterocycles. The van der Waals surface area contributed by atoms with Gasteiger partial charge in [-0.15, -0.1) is 6.58 Å². The van der Waals surface area contributed by atoms with E-state index >= 15 is 0 Å². The molecule has 0 unspecified atom stereocenters. The van der Waals surface area contributed by atoms with Crippen LogP contribution in [0.2, 0.25) is 0 Å². The summed E-state index contributed by atoms with van der Waals surface area (Å²) in [6.07, 6.45) is 0.515. The Morgan fingerprint density at radius 1 is 1.35 bits per heavy atom. The van der Waals surface area contributed by atoms with E-state index in [0.717, 1.165) is 16.9 Å². The van der Waals surface area contributed by atoms with E-state index < -0.39 is 0 Å². The molecule has 0 fully saturated rings. The zero-order valence-corrected chi connectivity index (χ0v) is 10.5. The molecule has 94 valence electrons. The Balaban J connectivity index is 2.44. The van der Waals surface area contributed by atoms with Crippen LogP contribution in [0.5, 0.6) is 5.75 Å². The van der Waals surface area contributed by atoms with Crippen molar-refractivity contribution >= 4 is 0 Å². The van der Waals surface area contributed by atoms with Gasteiger partial charge in [-0.25, -0.2) is 0 Å². The van der Waals surface area contributed by atoms with E-state index in [0.29, 0.717) is 13.0 Å². The predicted molar refractivity (Wildman–Crippen MR) is 68.1 cm³/mol. The highest BCUT2D eigenvalue weighted by atomic mass is 16.5. The Bertz CT molecular complexity index is 343. The van der Waals surface area contributed by atoms with Crippen LogP contribution in [-0.4, -0.2) is 24.9 Å². The van der Waals surface area contributed by atoms with E-state index in [-0.39, 0.29) is 12.7 Å². The second-order valence-corrected chi connectivity index (χ2v) is 4.12. The first-order chi connectivity index (χ1) is 8.15. The lowest BCUT2D eigenvalue weighted by Gasteiger charge is -2.15. The molecule has 0 heterocycles. The van der Waals surface area contributed by atoms with Crippen molar-refractivity contribution in [2.24, 2.45) is 0 Å². The van der Waals surface area contributed by atoms with E-state index in [1.54, 1.807) is 7.11 Å². The maximum absolute atomic E-state index is 9.15. The molecule has 3 heteroatoms. The van der Waals surface area contributed by atoms with Gasteiger partial charge >= 0.3 is 0 Å². The Morgan fingerprint density at radius 2 is 2.00 bits per heavy atom. The molecule has 0 aromatic heterocycles. The van der Waals surface area contributed by atoms with Gasteiger partial charge in [-0.3, -0.25) is 0 Å². The molecule has 0 amide bonds. The van der Waals surface area contributed by atoms with Crippen LogP contribution in [0.4, 0.5) is 0 Å². The summed E-state index contributed by atoms with van der Waals surface area (Å²) >= 11 is 0. The fourth-order valence-corrected chi connectivity index (χ4v) is 1.50. The Kier molecular flexibility index (Phi) is 5.73. The number of ether oxygens (including phenoxy) is 2. The molecule has 1 N–H and O–H groups in total. The van der Waals surface area contributed by atoms with Crippen molar-refractivity contribution in [1.82, 2.24) is 0 Å². The van der Waals surface area contributed by atoms with Crippen molar-refractivity contribution in [2.45, 2.75) is 26.1 Å². The summed E-state index contributed by atoms with van der Waals surface area (Å²) in [5, 5.41) is 9.15. The molecule has 1 rings (SSSR count). The summed E-state index contributed by atoms with van der Waals surface area (Å²) in [5.74, 6) is 0.828. The first-order valence-corrected chi connectivity index (χ1v) is 5.65. The lowest BCUT2D eigenvalue weighted by atomic mass is 10.1. The normalized spacial score (nSPS) is 12.2. The highest BCUT2D eigenvalue weighted by Crippen LogP contribution is 2.14. The molecule has 0 aliphatic rings. The van der Waals surface area contributed by atoms with Gasteiger partial charge in [0.05, 0.1) is 26.4 Å². The van der Waals surface area contributed by atoms with Crippen LogP contribution < -0.4 is 4.74 Å². The van der Waals surface area contributed by atoms with Crippen molar-refractivity contribution < 1.29 is 14.6 Å². The monoisotopic (exact) mass is 236 g/mol. The molecule has 17 heavy (non-hydrogen) atoms. The first-order valence-electron chi connectivity index (χ1n) is 5.65. The molecule has 0 aliphatic carbocycles. The summed E-state index contributed by atoms with van der Waals surface area (Å²) in [4.78, 5) is 0. The number of rotatable bonds is 7. The number of hydrogen-bond donors (Lipinski definition) is 1. The molecule has 1 atom stereocenters. The van der Waals surface area contributed by atoms with Crippen molar-refractivity contribution in [1.29, 1.82) is 0 Å². The Hall–Kier alpha value is -1.32. The summed E-state index contributed by atoms with van der Waals surface area (Å²) in [5.41, 5.74) is 2.07. The second-order valence-electron chi connectivity index (χ2n) is 4.12. The standard InChI is InChI=1S/C14H20O3/c1-11(2)8-14(9-15)17-10-12-4-6-13(16-3)7-5-12/h4-7,14-15H,1,8-10H2,2-3H3/t14-/m0/s1. The molecule has 0 radical (unpaired) electrons. The third-order valence-corrected chi connectivity index (χ3v) is 2.42. The van der Waals surface area contributed by atoms with Gasteiger partial charge in [0.2, 0.25) is 0 Å². The van der Waals surface area contributed by atoms with Gasteiger partial charge in [0.15, 0.2) is 0 Å². The van der Waals surface area contributed by atoms with E-state index in [2.05, 4.69) is 6.58 Å². The molecule has 1 aromatic carbocycles. The summed E-state index contributed by atoms with van der Waals surface area (Å²) in [6.45, 7) is 6.25. The average molecular weight is 236 g/mol. The molecule has 3 nitrogen and oxygen atoms in total. The molecule has 0 saturated heterocycles. The molecule has 0 bridgehead atoms. The first kappa shape index (κ1) is 13.7. The molecule has 1 aromatic rings. The fourth-order valence-electron chi connectivity index (χ4n) is 1.50. The van der Waals surface area contributed by atoms with Crippen molar-refractivity contribution in [3.8, 4) is 5.75 Å². The average Bonchev–Trinajstić information content (AvgIpc) is 2.34. The Morgan fingerprint density at radius 3 is 2.47 bits per heavy atom. The van der Waals surface area contributed by atoms with Crippen molar-refractivity contribution in [2.75, 3.05) is 13.7 Å². The zero-order valence-electron chi connectivity index (χ0n) is 10.5. The van der Waals surface area contributed by atoms with Gasteiger partial charge in [0.25, 0.3) is 0 Å². The van der Waals surface area contributed by atoms with Gasteiger partial charge in [-0.1, -0.05) is 17.7 Å². The molecular weight excluding hydrogens is 216 g/mol. The number of hydrogen-bond acceptors (Lipinski definition) is 3. The predicted octanol–water partition coefficient (Wildman–Crippen LogP) is 2.54. The van der Waals surface area contributed by atoms with Crippen LogP contribution in [-0.2, 0) is 11.3 Å². The van der Waals surface area contributed by atoms with Crippen molar-refractivity contribution in [3.63, 3.8) is 0 Å². The second kappa shape index (κ2) is 7.09. The van der Waals surface area contributed by atoms with Crippen molar-refractivity contribution in [3.05, 3.63) is 42.0 Å². The van der Waals surface area contributed by atoms with E-state index in [9.17, 15) is 0 Å². The molecule has 0 saturated carbocycles. The number of benzene rings is 1. The summed E-state index contributed by atoms with van der Waals surface area (Å²) in [6, 6.07) is 7.69. The maximum Gasteiger partial charge on any atom is 0.118 e. The van der Waals surface area contributed by atoms with Gasteiger partial charge < -0.3 is 14.6 Å². The van der Waals surface area contributed by atoms with Gasteiger partial charge in [-0.2, -0.15) is 0 Å². The van der Waals surface area contributed by atoms with Gasteiger partial charge in [0, 0.05) is 0 Å². The minimum absolute atomic E-state index is 0.0169. The van der Waals surface area contributed by atoms with E-state index in [1.807, 2.05) is 31.2 Å². The summed E-state index contributed by atoms with van der Waals surface area (Å²) in [7, 11) is 1.64. The highest BCUT2D eigenvalue weighted by molar-refractivity contribution is 5.26. The van der Waals surface area contributed by atoms with E-state index in [4.69, 9.17) is 14.6 Å². The fraction of sp³-hybridized carbons (Fsp3) is 0.429. The smallest absolute Gasteiger partial charge is 0.118 e. The zero-order chi connectivity index (χ0) is 12.7. The van der Waals surface area contributed by atoms with E-state index in [1.165, 1.54) is 0 Å². The quantitative estimate of drug-likeness (QED) is 0.739. The lowest BCUT2D eigenvalue weighted by Crippen LogP contribution is -2.17. The highest BCUT2D eigenvalue weighted by Gasteiger charge is 2.08.